The quantitative estimate of drug-likeness (QED) is 0.681. The van der Waals surface area contributed by atoms with Gasteiger partial charge in [0.2, 0.25) is 0 Å². The molecule has 13 heavy (non-hydrogen) atoms. The lowest BCUT2D eigenvalue weighted by molar-refractivity contribution is -0.128. The van der Waals surface area contributed by atoms with E-state index in [0.717, 1.165) is 10.9 Å². The Balaban J connectivity index is 0.000000252. The highest BCUT2D eigenvalue weighted by Crippen LogP contribution is 2.06. The molecule has 0 saturated heterocycles. The van der Waals surface area contributed by atoms with E-state index >= 15 is 0 Å². The monoisotopic (exact) mass is 192 g/mol. The van der Waals surface area contributed by atoms with Crippen LogP contribution in [0.25, 0.3) is 0 Å². The molecular formula is C7H10F2N2O2. The molecule has 1 aromatic rings. The van der Waals surface area contributed by atoms with E-state index in [0.29, 0.717) is 13.1 Å². The van der Waals surface area contributed by atoms with Gasteiger partial charge in [-0.2, -0.15) is 8.78 Å². The molecule has 0 N–H and O–H groups in total. The molecular weight excluding hydrogens is 182 g/mol. The molecule has 0 atom stereocenters. The van der Waals surface area contributed by atoms with Crippen molar-refractivity contribution in [1.82, 2.24) is 9.55 Å². The van der Waals surface area contributed by atoms with Crippen LogP contribution in [0.2, 0.25) is 0 Å². The van der Waals surface area contributed by atoms with E-state index < -0.39 is 6.55 Å². The summed E-state index contributed by atoms with van der Waals surface area (Å²) in [6.07, 6.45) is 3.60. The average Bonchev–Trinajstić information content (AvgIpc) is 2.58. The molecule has 1 aromatic heterocycles. The van der Waals surface area contributed by atoms with Crippen LogP contribution in [0, 0.1) is 0 Å². The van der Waals surface area contributed by atoms with Gasteiger partial charge in [-0.15, -0.1) is 0 Å². The molecule has 0 radical (unpaired) electrons. The van der Waals surface area contributed by atoms with Crippen LogP contribution < -0.4 is 0 Å². The van der Waals surface area contributed by atoms with Crippen molar-refractivity contribution in [2.24, 2.45) is 0 Å². The Morgan fingerprint density at radius 3 is 2.54 bits per heavy atom. The lowest BCUT2D eigenvalue weighted by Crippen LogP contribution is -1.91. The van der Waals surface area contributed by atoms with Crippen LogP contribution in [0.3, 0.4) is 0 Å². The third kappa shape index (κ3) is 5.77. The van der Waals surface area contributed by atoms with E-state index in [2.05, 4.69) is 9.72 Å². The predicted molar refractivity (Wildman–Crippen MR) is 41.2 cm³/mol. The highest BCUT2D eigenvalue weighted by atomic mass is 19.3. The van der Waals surface area contributed by atoms with Gasteiger partial charge in [-0.25, -0.2) is 4.98 Å². The number of imidazole rings is 1. The Labute approximate surface area is 74.1 Å². The second kappa shape index (κ2) is 7.20. The Hall–Kier alpha value is -1.46. The fourth-order valence-electron chi connectivity index (χ4n) is 0.453. The van der Waals surface area contributed by atoms with E-state index in [9.17, 15) is 13.6 Å². The van der Waals surface area contributed by atoms with Gasteiger partial charge in [0.25, 0.3) is 6.47 Å². The lowest BCUT2D eigenvalue weighted by Gasteiger charge is -1.94. The van der Waals surface area contributed by atoms with Crippen LogP contribution in [-0.2, 0) is 9.53 Å². The summed E-state index contributed by atoms with van der Waals surface area (Å²) in [7, 11) is 0. The Morgan fingerprint density at radius 2 is 2.38 bits per heavy atom. The number of halogens is 2. The van der Waals surface area contributed by atoms with Crippen molar-refractivity contribution in [3.05, 3.63) is 18.7 Å². The Bertz CT molecular complexity index is 214. The minimum Gasteiger partial charge on any atom is -0.468 e. The van der Waals surface area contributed by atoms with Crippen LogP contribution in [0.15, 0.2) is 18.7 Å². The van der Waals surface area contributed by atoms with Gasteiger partial charge >= 0.3 is 6.55 Å². The SMILES string of the molecule is CCOC=O.FC(F)n1ccnc1. The van der Waals surface area contributed by atoms with Gasteiger partial charge in [-0.3, -0.25) is 9.36 Å². The molecule has 0 unspecified atom stereocenters. The summed E-state index contributed by atoms with van der Waals surface area (Å²) < 4.78 is 27.9. The van der Waals surface area contributed by atoms with Crippen LogP contribution in [0.5, 0.6) is 0 Å². The first kappa shape index (κ1) is 11.5. The zero-order chi connectivity index (χ0) is 10.1. The van der Waals surface area contributed by atoms with E-state index in [1.54, 1.807) is 6.92 Å². The summed E-state index contributed by atoms with van der Waals surface area (Å²) in [5.74, 6) is 0. The molecule has 0 fully saturated rings. The van der Waals surface area contributed by atoms with Gasteiger partial charge in [0.05, 0.1) is 12.9 Å². The summed E-state index contributed by atoms with van der Waals surface area (Å²) in [6, 6.07) is 0. The maximum atomic E-state index is 11.5. The third-order valence-electron chi connectivity index (χ3n) is 0.985. The Kier molecular flexibility index (Phi) is 6.39. The van der Waals surface area contributed by atoms with E-state index in [-0.39, 0.29) is 0 Å². The van der Waals surface area contributed by atoms with E-state index in [4.69, 9.17) is 0 Å². The molecule has 1 rings (SSSR count). The maximum Gasteiger partial charge on any atom is 0.319 e. The van der Waals surface area contributed by atoms with Crippen molar-refractivity contribution in [2.45, 2.75) is 13.5 Å². The summed E-state index contributed by atoms with van der Waals surface area (Å²) >= 11 is 0. The largest absolute Gasteiger partial charge is 0.468 e. The number of ether oxygens (including phenoxy) is 1. The van der Waals surface area contributed by atoms with Crippen LogP contribution in [0.4, 0.5) is 8.78 Å². The van der Waals surface area contributed by atoms with E-state index in [1.165, 1.54) is 12.4 Å². The number of nitrogens with zero attached hydrogens (tertiary/aromatic N) is 2. The minimum absolute atomic E-state index is 0.431. The van der Waals surface area contributed by atoms with Gasteiger partial charge in [0.1, 0.15) is 0 Å². The van der Waals surface area contributed by atoms with Crippen molar-refractivity contribution in [1.29, 1.82) is 0 Å². The molecule has 0 aromatic carbocycles. The predicted octanol–water partition coefficient (Wildman–Crippen LogP) is 1.46. The van der Waals surface area contributed by atoms with Gasteiger partial charge < -0.3 is 4.74 Å². The third-order valence-corrected chi connectivity index (χ3v) is 0.985. The normalized spacial score (nSPS) is 8.92. The molecule has 0 bridgehead atoms. The van der Waals surface area contributed by atoms with Crippen molar-refractivity contribution < 1.29 is 18.3 Å². The second-order valence-electron chi connectivity index (χ2n) is 1.84. The summed E-state index contributed by atoms with van der Waals surface area (Å²) in [5, 5.41) is 0. The van der Waals surface area contributed by atoms with Crippen molar-refractivity contribution in [3.63, 3.8) is 0 Å². The van der Waals surface area contributed by atoms with Crippen molar-refractivity contribution >= 4 is 6.47 Å². The number of carbonyl (C=O) groups is 1. The molecule has 6 heteroatoms. The number of hydrogen-bond donors (Lipinski definition) is 0. The first-order valence-corrected chi connectivity index (χ1v) is 3.53. The summed E-state index contributed by atoms with van der Waals surface area (Å²) in [6.45, 7) is 0.204. The zero-order valence-corrected chi connectivity index (χ0v) is 7.06. The molecule has 0 saturated carbocycles. The molecule has 1 heterocycles. The standard InChI is InChI=1S/C4H4F2N2.C3H6O2/c5-4(6)8-2-1-7-3-8;1-2-5-3-4/h1-4H;3H,2H2,1H3. The highest BCUT2D eigenvalue weighted by molar-refractivity contribution is 5.36. The topological polar surface area (TPSA) is 44.1 Å². The molecule has 0 aliphatic heterocycles. The van der Waals surface area contributed by atoms with Crippen LogP contribution in [0.1, 0.15) is 13.5 Å². The van der Waals surface area contributed by atoms with Gasteiger partial charge in [-0.05, 0) is 6.92 Å². The molecule has 4 nitrogen and oxygen atoms in total. The smallest absolute Gasteiger partial charge is 0.319 e. The first-order chi connectivity index (χ1) is 6.22. The Morgan fingerprint density at radius 1 is 1.69 bits per heavy atom. The van der Waals surface area contributed by atoms with Crippen LogP contribution >= 0.6 is 0 Å². The minimum atomic E-state index is -2.46. The average molecular weight is 192 g/mol. The number of carbonyl (C=O) groups excluding carboxylic acids is 1. The van der Waals surface area contributed by atoms with Gasteiger partial charge in [0.15, 0.2) is 0 Å². The first-order valence-electron chi connectivity index (χ1n) is 3.53. The number of aromatic nitrogens is 2. The second-order valence-corrected chi connectivity index (χ2v) is 1.84. The van der Waals surface area contributed by atoms with E-state index in [1.807, 2.05) is 0 Å². The number of alkyl halides is 2. The van der Waals surface area contributed by atoms with Crippen molar-refractivity contribution in [3.8, 4) is 0 Å². The zero-order valence-electron chi connectivity index (χ0n) is 7.06. The maximum absolute atomic E-state index is 11.5. The van der Waals surface area contributed by atoms with Gasteiger partial charge in [-0.1, -0.05) is 0 Å². The fourth-order valence-corrected chi connectivity index (χ4v) is 0.453. The van der Waals surface area contributed by atoms with Crippen LogP contribution in [-0.4, -0.2) is 22.6 Å². The lowest BCUT2D eigenvalue weighted by atomic mass is 10.9. The molecule has 0 aliphatic rings. The summed E-state index contributed by atoms with van der Waals surface area (Å²) in [4.78, 5) is 12.6. The molecule has 74 valence electrons. The number of hydrogen-bond acceptors (Lipinski definition) is 3. The molecule has 0 aliphatic carbocycles. The molecule has 0 spiro atoms. The number of rotatable bonds is 3. The highest BCUT2D eigenvalue weighted by Gasteiger charge is 2.00. The molecule has 0 amide bonds. The fraction of sp³-hybridized carbons (Fsp3) is 0.429. The summed E-state index contributed by atoms with van der Waals surface area (Å²) in [5.41, 5.74) is 0. The van der Waals surface area contributed by atoms with Gasteiger partial charge in [0, 0.05) is 12.4 Å². The van der Waals surface area contributed by atoms with Crippen molar-refractivity contribution in [2.75, 3.05) is 6.61 Å².